The third kappa shape index (κ3) is 5.40. The Balaban J connectivity index is 1.56. The van der Waals surface area contributed by atoms with Crippen molar-refractivity contribution in [3.05, 3.63) is 126 Å². The van der Waals surface area contributed by atoms with E-state index in [9.17, 15) is 9.59 Å². The van der Waals surface area contributed by atoms with E-state index in [2.05, 4.69) is 0 Å². The van der Waals surface area contributed by atoms with Crippen molar-refractivity contribution in [2.24, 2.45) is 0 Å². The number of anilines is 2. The van der Waals surface area contributed by atoms with Crippen molar-refractivity contribution >= 4 is 29.3 Å². The number of ketones is 1. The van der Waals surface area contributed by atoms with Gasteiger partial charge in [0.05, 0.1) is 18.5 Å². The lowest BCUT2D eigenvalue weighted by Crippen LogP contribution is -2.29. The highest BCUT2D eigenvalue weighted by atomic mass is 16.6. The number of amides is 1. The average Bonchev–Trinajstić information content (AvgIpc) is 2.89. The molecule has 0 heterocycles. The van der Waals surface area contributed by atoms with E-state index in [0.717, 1.165) is 5.56 Å². The van der Waals surface area contributed by atoms with Gasteiger partial charge in [-0.1, -0.05) is 78.9 Å². The van der Waals surface area contributed by atoms with E-state index < -0.39 is 6.09 Å². The molecule has 1 amide bonds. The summed E-state index contributed by atoms with van der Waals surface area (Å²) in [5, 5.41) is 0. The van der Waals surface area contributed by atoms with Gasteiger partial charge in [-0.05, 0) is 48.0 Å². The lowest BCUT2D eigenvalue weighted by Gasteiger charge is -2.22. The minimum atomic E-state index is -0.571. The van der Waals surface area contributed by atoms with Gasteiger partial charge < -0.3 is 9.47 Å². The fourth-order valence-electron chi connectivity index (χ4n) is 3.40. The Labute approximate surface area is 198 Å². The second-order valence-corrected chi connectivity index (χ2v) is 7.35. The number of hydrogen-bond acceptors (Lipinski definition) is 4. The van der Waals surface area contributed by atoms with Crippen LogP contribution in [0.2, 0.25) is 0 Å². The topological polar surface area (TPSA) is 55.8 Å². The molecule has 0 aliphatic rings. The fourth-order valence-corrected chi connectivity index (χ4v) is 3.40. The minimum absolute atomic E-state index is 0.101. The smallest absolute Gasteiger partial charge is 0.424 e. The predicted molar refractivity (Wildman–Crippen MR) is 134 cm³/mol. The SMILES string of the molecule is COc1cc(/C=C/C(=O)c2ccccc2)ccc1OC(=O)N(c1ccccc1)c1ccccc1. The molecule has 0 N–H and O–H groups in total. The number of benzene rings is 4. The summed E-state index contributed by atoms with van der Waals surface area (Å²) in [7, 11) is 1.50. The molecule has 4 rings (SSSR count). The van der Waals surface area contributed by atoms with Crippen LogP contribution >= 0.6 is 0 Å². The zero-order valence-corrected chi connectivity index (χ0v) is 18.6. The van der Waals surface area contributed by atoms with Crippen LogP contribution in [0.25, 0.3) is 6.08 Å². The molecule has 0 atom stereocenters. The van der Waals surface area contributed by atoms with Gasteiger partial charge >= 0.3 is 6.09 Å². The van der Waals surface area contributed by atoms with Gasteiger partial charge in [0.15, 0.2) is 17.3 Å². The second kappa shape index (κ2) is 10.8. The molecule has 4 aromatic rings. The Morgan fingerprint density at radius 3 is 1.82 bits per heavy atom. The van der Waals surface area contributed by atoms with Crippen LogP contribution in [0.4, 0.5) is 16.2 Å². The summed E-state index contributed by atoms with van der Waals surface area (Å²) in [6, 6.07) is 32.7. The molecule has 0 aliphatic carbocycles. The first-order valence-electron chi connectivity index (χ1n) is 10.7. The van der Waals surface area contributed by atoms with Gasteiger partial charge in [-0.15, -0.1) is 0 Å². The maximum absolute atomic E-state index is 13.2. The molecular weight excluding hydrogens is 426 g/mol. The van der Waals surface area contributed by atoms with Crippen molar-refractivity contribution in [3.63, 3.8) is 0 Å². The number of nitrogens with zero attached hydrogens (tertiary/aromatic N) is 1. The number of methoxy groups -OCH3 is 1. The standard InChI is InChI=1S/C29H23NO4/c1-33-28-21-22(17-19-26(31)23-11-5-2-6-12-23)18-20-27(28)34-29(32)30(24-13-7-3-8-14-24)25-15-9-4-10-16-25/h2-21H,1H3/b19-17+. The molecule has 34 heavy (non-hydrogen) atoms. The maximum Gasteiger partial charge on any atom is 0.424 e. The number of rotatable bonds is 7. The van der Waals surface area contributed by atoms with E-state index in [0.29, 0.717) is 22.7 Å². The van der Waals surface area contributed by atoms with E-state index in [4.69, 9.17) is 9.47 Å². The highest BCUT2D eigenvalue weighted by Gasteiger charge is 2.21. The summed E-state index contributed by atoms with van der Waals surface area (Å²) >= 11 is 0. The summed E-state index contributed by atoms with van der Waals surface area (Å²) in [4.78, 5) is 27.1. The quantitative estimate of drug-likeness (QED) is 0.227. The van der Waals surface area contributed by atoms with E-state index >= 15 is 0 Å². The summed E-state index contributed by atoms with van der Waals surface area (Å²) in [5.74, 6) is 0.552. The van der Waals surface area contributed by atoms with Crippen LogP contribution < -0.4 is 14.4 Å². The average molecular weight is 450 g/mol. The van der Waals surface area contributed by atoms with Gasteiger partial charge in [0, 0.05) is 5.56 Å². The number of allylic oxidation sites excluding steroid dienone is 1. The molecule has 168 valence electrons. The molecule has 0 radical (unpaired) electrons. The Kier molecular flexibility index (Phi) is 7.16. The number of hydrogen-bond donors (Lipinski definition) is 0. The van der Waals surface area contributed by atoms with E-state index in [1.807, 2.05) is 78.9 Å². The summed E-state index contributed by atoms with van der Waals surface area (Å²) in [6.07, 6.45) is 2.63. The number of carbonyl (C=O) groups excluding carboxylic acids is 2. The Hall–Kier alpha value is -4.64. The van der Waals surface area contributed by atoms with Crippen molar-refractivity contribution in [2.45, 2.75) is 0 Å². The van der Waals surface area contributed by atoms with Crippen LogP contribution in [0.15, 0.2) is 115 Å². The summed E-state index contributed by atoms with van der Waals surface area (Å²) < 4.78 is 11.2. The number of carbonyl (C=O) groups is 2. The van der Waals surface area contributed by atoms with E-state index in [1.54, 1.807) is 36.4 Å². The van der Waals surface area contributed by atoms with E-state index in [1.165, 1.54) is 18.1 Å². The Morgan fingerprint density at radius 1 is 0.706 bits per heavy atom. The molecule has 5 heteroatoms. The fraction of sp³-hybridized carbons (Fsp3) is 0.0345. The number of ether oxygens (including phenoxy) is 2. The molecule has 4 aromatic carbocycles. The second-order valence-electron chi connectivity index (χ2n) is 7.35. The van der Waals surface area contributed by atoms with Gasteiger partial charge in [0.2, 0.25) is 0 Å². The molecule has 0 spiro atoms. The van der Waals surface area contributed by atoms with Crippen molar-refractivity contribution < 1.29 is 19.1 Å². The molecule has 5 nitrogen and oxygen atoms in total. The molecule has 0 aromatic heterocycles. The molecule has 0 aliphatic heterocycles. The Bertz CT molecular complexity index is 1250. The lowest BCUT2D eigenvalue weighted by molar-refractivity contribution is 0.104. The van der Waals surface area contributed by atoms with Crippen molar-refractivity contribution in [2.75, 3.05) is 12.0 Å². The van der Waals surface area contributed by atoms with Crippen LogP contribution in [0.1, 0.15) is 15.9 Å². The summed E-state index contributed by atoms with van der Waals surface area (Å²) in [6.45, 7) is 0. The van der Waals surface area contributed by atoms with Crippen LogP contribution in [-0.4, -0.2) is 19.0 Å². The first-order chi connectivity index (χ1) is 16.7. The van der Waals surface area contributed by atoms with Crippen LogP contribution in [0.5, 0.6) is 11.5 Å². The highest BCUT2D eigenvalue weighted by Crippen LogP contribution is 2.32. The Morgan fingerprint density at radius 2 is 1.26 bits per heavy atom. The molecule has 0 bridgehead atoms. The van der Waals surface area contributed by atoms with Gasteiger partial charge in [-0.2, -0.15) is 0 Å². The largest absolute Gasteiger partial charge is 0.493 e. The molecule has 0 saturated carbocycles. The first kappa shape index (κ1) is 22.6. The molecule has 0 saturated heterocycles. The first-order valence-corrected chi connectivity index (χ1v) is 10.7. The molecular formula is C29H23NO4. The van der Waals surface area contributed by atoms with Gasteiger partial charge in [-0.3, -0.25) is 4.79 Å². The monoisotopic (exact) mass is 449 g/mol. The highest BCUT2D eigenvalue weighted by molar-refractivity contribution is 6.06. The van der Waals surface area contributed by atoms with Gasteiger partial charge in [-0.25, -0.2) is 9.69 Å². The summed E-state index contributed by atoms with van der Waals surface area (Å²) in [5.41, 5.74) is 2.70. The lowest BCUT2D eigenvalue weighted by atomic mass is 10.1. The van der Waals surface area contributed by atoms with Crippen molar-refractivity contribution in [1.82, 2.24) is 0 Å². The van der Waals surface area contributed by atoms with E-state index in [-0.39, 0.29) is 11.5 Å². The molecule has 0 unspecified atom stereocenters. The zero-order chi connectivity index (χ0) is 23.8. The minimum Gasteiger partial charge on any atom is -0.493 e. The van der Waals surface area contributed by atoms with Gasteiger partial charge in [0.25, 0.3) is 0 Å². The third-order valence-electron chi connectivity index (χ3n) is 5.08. The normalized spacial score (nSPS) is 10.6. The number of para-hydroxylation sites is 2. The zero-order valence-electron chi connectivity index (χ0n) is 18.6. The third-order valence-corrected chi connectivity index (χ3v) is 5.08. The van der Waals surface area contributed by atoms with Crippen molar-refractivity contribution in [3.8, 4) is 11.5 Å². The molecule has 0 fully saturated rings. The van der Waals surface area contributed by atoms with Crippen molar-refractivity contribution in [1.29, 1.82) is 0 Å². The maximum atomic E-state index is 13.2. The van der Waals surface area contributed by atoms with Crippen LogP contribution in [-0.2, 0) is 0 Å². The van der Waals surface area contributed by atoms with Gasteiger partial charge in [0.1, 0.15) is 0 Å². The van der Waals surface area contributed by atoms with Crippen LogP contribution in [0, 0.1) is 0 Å². The predicted octanol–water partition coefficient (Wildman–Crippen LogP) is 6.93. The van der Waals surface area contributed by atoms with Crippen LogP contribution in [0.3, 0.4) is 0 Å².